The minimum atomic E-state index is 0.139. The second kappa shape index (κ2) is 5.40. The number of hydrogen-bond acceptors (Lipinski definition) is 3. The van der Waals surface area contributed by atoms with Gasteiger partial charge in [0, 0.05) is 19.6 Å². The summed E-state index contributed by atoms with van der Waals surface area (Å²) >= 11 is 0. The van der Waals surface area contributed by atoms with Crippen molar-refractivity contribution in [3.63, 3.8) is 0 Å². The number of amides is 1. The van der Waals surface area contributed by atoms with E-state index in [1.54, 1.807) is 7.11 Å². The zero-order valence-corrected chi connectivity index (χ0v) is 11.2. The molecule has 1 aliphatic heterocycles. The molecule has 4 nitrogen and oxygen atoms in total. The van der Waals surface area contributed by atoms with Gasteiger partial charge >= 0.3 is 0 Å². The topological polar surface area (TPSA) is 50.4 Å². The van der Waals surface area contributed by atoms with E-state index >= 15 is 0 Å². The van der Waals surface area contributed by atoms with Gasteiger partial charge < -0.3 is 15.4 Å². The molecule has 0 radical (unpaired) electrons. The lowest BCUT2D eigenvalue weighted by Crippen LogP contribution is -2.50. The number of carbonyl (C=O) groups excluding carboxylic acids is 1. The van der Waals surface area contributed by atoms with E-state index < -0.39 is 0 Å². The maximum Gasteiger partial charge on any atom is 0.225 e. The Hall–Kier alpha value is -1.55. The van der Waals surface area contributed by atoms with Gasteiger partial charge in [-0.15, -0.1) is 0 Å². The summed E-state index contributed by atoms with van der Waals surface area (Å²) in [7, 11) is 1.68. The molecule has 1 aromatic rings. The van der Waals surface area contributed by atoms with Gasteiger partial charge in [-0.2, -0.15) is 0 Å². The quantitative estimate of drug-likeness (QED) is 0.840. The molecule has 1 aromatic carbocycles. The van der Waals surface area contributed by atoms with Gasteiger partial charge in [0.15, 0.2) is 0 Å². The van der Waals surface area contributed by atoms with Crippen LogP contribution in [0.15, 0.2) is 12.1 Å². The highest BCUT2D eigenvalue weighted by Crippen LogP contribution is 2.24. The molecular weight excluding hydrogens is 228 g/mol. The third-order valence-corrected chi connectivity index (χ3v) is 3.34. The van der Waals surface area contributed by atoms with Gasteiger partial charge in [0.05, 0.1) is 13.0 Å². The van der Waals surface area contributed by atoms with E-state index in [4.69, 9.17) is 4.74 Å². The molecule has 0 spiro atoms. The number of hydrogen-bond donors (Lipinski definition) is 2. The Balaban J connectivity index is 1.99. The summed E-state index contributed by atoms with van der Waals surface area (Å²) in [5.74, 6) is 1.21. The van der Waals surface area contributed by atoms with E-state index in [0.717, 1.165) is 35.5 Å². The Bertz CT molecular complexity index is 430. The van der Waals surface area contributed by atoms with Crippen LogP contribution < -0.4 is 15.4 Å². The first-order valence-corrected chi connectivity index (χ1v) is 6.24. The standard InChI is InChI=1S/C14H20N2O2/c1-9-4-11(5-10(2)13(9)18-3)6-16-14(17)12-7-15-8-12/h4-5,12,15H,6-8H2,1-3H3,(H,16,17). The van der Waals surface area contributed by atoms with Crippen molar-refractivity contribution in [2.45, 2.75) is 20.4 Å². The van der Waals surface area contributed by atoms with Crippen molar-refractivity contribution < 1.29 is 9.53 Å². The summed E-state index contributed by atoms with van der Waals surface area (Å²) in [6, 6.07) is 4.12. The van der Waals surface area contributed by atoms with E-state index in [1.807, 2.05) is 13.8 Å². The molecule has 2 rings (SSSR count). The van der Waals surface area contributed by atoms with Crippen LogP contribution in [0.25, 0.3) is 0 Å². The Morgan fingerprint density at radius 3 is 2.44 bits per heavy atom. The smallest absolute Gasteiger partial charge is 0.225 e. The maximum absolute atomic E-state index is 11.7. The van der Waals surface area contributed by atoms with E-state index in [9.17, 15) is 4.79 Å². The molecule has 0 aliphatic carbocycles. The van der Waals surface area contributed by atoms with Crippen LogP contribution in [0, 0.1) is 19.8 Å². The van der Waals surface area contributed by atoms with Gasteiger partial charge in [-0.25, -0.2) is 0 Å². The molecule has 2 N–H and O–H groups in total. The van der Waals surface area contributed by atoms with Crippen LogP contribution >= 0.6 is 0 Å². The van der Waals surface area contributed by atoms with Gasteiger partial charge in [0.1, 0.15) is 5.75 Å². The molecule has 18 heavy (non-hydrogen) atoms. The van der Waals surface area contributed by atoms with Gasteiger partial charge in [0.25, 0.3) is 0 Å². The summed E-state index contributed by atoms with van der Waals surface area (Å²) in [5, 5.41) is 6.07. The molecule has 1 saturated heterocycles. The molecule has 1 aliphatic rings. The Kier molecular flexibility index (Phi) is 3.87. The molecule has 0 aromatic heterocycles. The Morgan fingerprint density at radius 2 is 2.00 bits per heavy atom. The van der Waals surface area contributed by atoms with Gasteiger partial charge in [-0.05, 0) is 30.5 Å². The highest BCUT2D eigenvalue weighted by molar-refractivity contribution is 5.80. The van der Waals surface area contributed by atoms with Crippen molar-refractivity contribution in [3.8, 4) is 5.75 Å². The molecule has 1 amide bonds. The fourth-order valence-corrected chi connectivity index (χ4v) is 2.27. The third-order valence-electron chi connectivity index (χ3n) is 3.34. The number of methoxy groups -OCH3 is 1. The highest BCUT2D eigenvalue weighted by atomic mass is 16.5. The number of nitrogens with one attached hydrogen (secondary N) is 2. The first-order valence-electron chi connectivity index (χ1n) is 6.24. The average molecular weight is 248 g/mol. The molecule has 0 unspecified atom stereocenters. The first-order chi connectivity index (χ1) is 8.61. The molecule has 98 valence electrons. The summed E-state index contributed by atoms with van der Waals surface area (Å²) in [6.45, 7) is 6.22. The predicted molar refractivity (Wildman–Crippen MR) is 70.7 cm³/mol. The predicted octanol–water partition coefficient (Wildman–Crippen LogP) is 1.15. The molecule has 1 fully saturated rings. The molecule has 4 heteroatoms. The van der Waals surface area contributed by atoms with E-state index in [2.05, 4.69) is 22.8 Å². The fourth-order valence-electron chi connectivity index (χ4n) is 2.27. The number of rotatable bonds is 4. The van der Waals surface area contributed by atoms with E-state index in [-0.39, 0.29) is 11.8 Å². The largest absolute Gasteiger partial charge is 0.496 e. The van der Waals surface area contributed by atoms with Gasteiger partial charge in [-0.3, -0.25) is 4.79 Å². The molecule has 1 heterocycles. The van der Waals surface area contributed by atoms with E-state index in [1.165, 1.54) is 0 Å². The molecule has 0 atom stereocenters. The lowest BCUT2D eigenvalue weighted by Gasteiger charge is -2.25. The lowest BCUT2D eigenvalue weighted by atomic mass is 10.0. The first kappa shape index (κ1) is 12.9. The summed E-state index contributed by atoms with van der Waals surface area (Å²) in [4.78, 5) is 11.7. The average Bonchev–Trinajstić information content (AvgIpc) is 2.23. The number of aryl methyl sites for hydroxylation is 2. The van der Waals surface area contributed by atoms with Crippen molar-refractivity contribution >= 4 is 5.91 Å². The number of ether oxygens (including phenoxy) is 1. The lowest BCUT2D eigenvalue weighted by molar-refractivity contribution is -0.126. The van der Waals surface area contributed by atoms with Gasteiger partial charge in [-0.1, -0.05) is 12.1 Å². The third kappa shape index (κ3) is 2.64. The van der Waals surface area contributed by atoms with Crippen molar-refractivity contribution in [1.29, 1.82) is 0 Å². The highest BCUT2D eigenvalue weighted by Gasteiger charge is 2.24. The second-order valence-electron chi connectivity index (χ2n) is 4.84. The second-order valence-corrected chi connectivity index (χ2v) is 4.84. The zero-order valence-electron chi connectivity index (χ0n) is 11.2. The van der Waals surface area contributed by atoms with Crippen molar-refractivity contribution in [2.24, 2.45) is 5.92 Å². The molecule has 0 bridgehead atoms. The van der Waals surface area contributed by atoms with Crippen LogP contribution in [0.2, 0.25) is 0 Å². The fraction of sp³-hybridized carbons (Fsp3) is 0.500. The van der Waals surface area contributed by atoms with Crippen LogP contribution in [-0.2, 0) is 11.3 Å². The summed E-state index contributed by atoms with van der Waals surface area (Å²) < 4.78 is 5.33. The molecule has 0 saturated carbocycles. The minimum absolute atomic E-state index is 0.139. The molecular formula is C14H20N2O2. The zero-order chi connectivity index (χ0) is 13.1. The number of benzene rings is 1. The van der Waals surface area contributed by atoms with Crippen LogP contribution in [0.1, 0.15) is 16.7 Å². The Morgan fingerprint density at radius 1 is 1.39 bits per heavy atom. The van der Waals surface area contributed by atoms with Gasteiger partial charge in [0.2, 0.25) is 5.91 Å². The summed E-state index contributed by atoms with van der Waals surface area (Å²) in [6.07, 6.45) is 0. The monoisotopic (exact) mass is 248 g/mol. The van der Waals surface area contributed by atoms with Crippen LogP contribution in [0.3, 0.4) is 0 Å². The van der Waals surface area contributed by atoms with Crippen molar-refractivity contribution in [3.05, 3.63) is 28.8 Å². The SMILES string of the molecule is COc1c(C)cc(CNC(=O)C2CNC2)cc1C. The van der Waals surface area contributed by atoms with E-state index in [0.29, 0.717) is 6.54 Å². The minimum Gasteiger partial charge on any atom is -0.496 e. The number of carbonyl (C=O) groups is 1. The van der Waals surface area contributed by atoms with Crippen LogP contribution in [0.5, 0.6) is 5.75 Å². The Labute approximate surface area is 108 Å². The van der Waals surface area contributed by atoms with Crippen LogP contribution in [0.4, 0.5) is 0 Å². The van der Waals surface area contributed by atoms with Crippen LogP contribution in [-0.4, -0.2) is 26.1 Å². The van der Waals surface area contributed by atoms with Crippen molar-refractivity contribution in [2.75, 3.05) is 20.2 Å². The normalized spacial score (nSPS) is 15.1. The summed E-state index contributed by atoms with van der Waals surface area (Å²) in [5.41, 5.74) is 3.32. The van der Waals surface area contributed by atoms with Crippen molar-refractivity contribution in [1.82, 2.24) is 10.6 Å². The maximum atomic E-state index is 11.7.